The molecule has 2 aliphatic heterocycles. The summed E-state index contributed by atoms with van der Waals surface area (Å²) >= 11 is 3.14. The highest BCUT2D eigenvalue weighted by Gasteiger charge is 2.35. The first kappa shape index (κ1) is 10.8. The fourth-order valence-electron chi connectivity index (χ4n) is 2.54. The van der Waals surface area contributed by atoms with E-state index in [0.717, 1.165) is 19.4 Å². The molecule has 2 aliphatic rings. The Bertz CT molecular complexity index is 526. The van der Waals surface area contributed by atoms with Crippen molar-refractivity contribution in [3.05, 3.63) is 21.9 Å². The summed E-state index contributed by atoms with van der Waals surface area (Å²) in [4.78, 5) is 2.06. The molecule has 0 bridgehead atoms. The van der Waals surface area contributed by atoms with E-state index in [4.69, 9.17) is 10.00 Å². The van der Waals surface area contributed by atoms with Crippen LogP contribution in [0.15, 0.2) is 10.5 Å². The predicted molar refractivity (Wildman–Crippen MR) is 64.7 cm³/mol. The van der Waals surface area contributed by atoms with Gasteiger partial charge in [-0.15, -0.1) is 0 Å². The molecule has 0 aliphatic carbocycles. The van der Waals surface area contributed by atoms with Gasteiger partial charge in [0.1, 0.15) is 24.1 Å². The first-order valence-corrected chi connectivity index (χ1v) is 6.33. The lowest BCUT2D eigenvalue weighted by molar-refractivity contribution is 0.269. The molecule has 5 heteroatoms. The predicted octanol–water partition coefficient (Wildman–Crippen LogP) is 2.82. The van der Waals surface area contributed by atoms with Crippen molar-refractivity contribution >= 4 is 21.6 Å². The molecule has 88 valence electrons. The van der Waals surface area contributed by atoms with E-state index < -0.39 is 0 Å². The van der Waals surface area contributed by atoms with Crippen LogP contribution >= 0.6 is 15.9 Å². The Balaban J connectivity index is 2.19. The number of hydrogen-bond donors (Lipinski definition) is 0. The second kappa shape index (κ2) is 3.88. The molecule has 0 N–H and O–H groups in total. The molecule has 0 radical (unpaired) electrons. The lowest BCUT2D eigenvalue weighted by atomic mass is 10.1. The van der Waals surface area contributed by atoms with Gasteiger partial charge in [0.15, 0.2) is 5.82 Å². The van der Waals surface area contributed by atoms with Gasteiger partial charge in [0.05, 0.1) is 16.1 Å². The molecule has 3 rings (SSSR count). The lowest BCUT2D eigenvalue weighted by Crippen LogP contribution is -2.38. The maximum Gasteiger partial charge on any atom is 0.165 e. The van der Waals surface area contributed by atoms with Gasteiger partial charge in [0.2, 0.25) is 0 Å². The molecule has 2 heterocycles. The van der Waals surface area contributed by atoms with Crippen LogP contribution in [0.4, 0.5) is 10.1 Å². The van der Waals surface area contributed by atoms with E-state index in [2.05, 4.69) is 20.8 Å². The summed E-state index contributed by atoms with van der Waals surface area (Å²) in [6.45, 7) is 1.44. The molecule has 1 fully saturated rings. The first-order chi connectivity index (χ1) is 8.22. The van der Waals surface area contributed by atoms with Crippen LogP contribution in [0.5, 0.6) is 5.75 Å². The highest BCUT2D eigenvalue weighted by Crippen LogP contribution is 2.43. The zero-order valence-corrected chi connectivity index (χ0v) is 10.6. The molecule has 0 amide bonds. The minimum absolute atomic E-state index is 0.231. The SMILES string of the molecule is N#Cc1cc2c(c(F)c1Br)N1CCCC1CO2. The zero-order chi connectivity index (χ0) is 12.0. The second-order valence-electron chi connectivity index (χ2n) is 4.31. The standard InChI is InChI=1S/C12H10BrFN2O/c13-10-7(5-15)4-9-12(11(10)14)16-3-1-2-8(16)6-17-9/h4,8H,1-3,6H2. The zero-order valence-electron chi connectivity index (χ0n) is 9.04. The van der Waals surface area contributed by atoms with Crippen molar-refractivity contribution in [3.63, 3.8) is 0 Å². The van der Waals surface area contributed by atoms with Gasteiger partial charge in [-0.1, -0.05) is 0 Å². The molecule has 3 nitrogen and oxygen atoms in total. The molecule has 1 saturated heterocycles. The van der Waals surface area contributed by atoms with Gasteiger partial charge in [-0.25, -0.2) is 4.39 Å². The van der Waals surface area contributed by atoms with E-state index in [1.165, 1.54) is 0 Å². The van der Waals surface area contributed by atoms with Crippen LogP contribution in [0.1, 0.15) is 18.4 Å². The Hall–Kier alpha value is -1.28. The maximum absolute atomic E-state index is 14.2. The average molecular weight is 297 g/mol. The van der Waals surface area contributed by atoms with E-state index >= 15 is 0 Å². The van der Waals surface area contributed by atoms with Crippen LogP contribution in [0.25, 0.3) is 0 Å². The Morgan fingerprint density at radius 3 is 3.18 bits per heavy atom. The minimum Gasteiger partial charge on any atom is -0.489 e. The van der Waals surface area contributed by atoms with E-state index in [1.54, 1.807) is 6.07 Å². The third-order valence-electron chi connectivity index (χ3n) is 3.36. The summed E-state index contributed by atoms with van der Waals surface area (Å²) in [5, 5.41) is 8.92. The van der Waals surface area contributed by atoms with Crippen molar-refractivity contribution in [1.82, 2.24) is 0 Å². The highest BCUT2D eigenvalue weighted by atomic mass is 79.9. The van der Waals surface area contributed by atoms with Crippen LogP contribution in [0.3, 0.4) is 0 Å². The normalized spacial score (nSPS) is 21.5. The maximum atomic E-state index is 14.2. The van der Waals surface area contributed by atoms with Gasteiger partial charge in [0.25, 0.3) is 0 Å². The monoisotopic (exact) mass is 296 g/mol. The molecule has 1 aromatic carbocycles. The number of rotatable bonds is 0. The van der Waals surface area contributed by atoms with Gasteiger partial charge < -0.3 is 9.64 Å². The van der Waals surface area contributed by atoms with Gasteiger partial charge in [0, 0.05) is 12.6 Å². The van der Waals surface area contributed by atoms with Gasteiger partial charge in [-0.05, 0) is 28.8 Å². The molecule has 1 aromatic rings. The first-order valence-electron chi connectivity index (χ1n) is 5.54. The summed E-state index contributed by atoms with van der Waals surface area (Å²) in [5.41, 5.74) is 0.781. The quantitative estimate of drug-likeness (QED) is 0.739. The summed E-state index contributed by atoms with van der Waals surface area (Å²) in [6, 6.07) is 3.84. The summed E-state index contributed by atoms with van der Waals surface area (Å²) < 4.78 is 20.0. The third-order valence-corrected chi connectivity index (χ3v) is 4.14. The summed E-state index contributed by atoms with van der Waals surface area (Å²) in [5.74, 6) is 0.103. The van der Waals surface area contributed by atoms with Crippen LogP contribution < -0.4 is 9.64 Å². The van der Waals surface area contributed by atoms with Crippen molar-refractivity contribution in [2.24, 2.45) is 0 Å². The minimum atomic E-state index is -0.384. The Kier molecular flexibility index (Phi) is 2.48. The van der Waals surface area contributed by atoms with Crippen LogP contribution in [-0.2, 0) is 0 Å². The Labute approximate surface area is 107 Å². The van der Waals surface area contributed by atoms with Crippen molar-refractivity contribution in [3.8, 4) is 11.8 Å². The number of nitrogens with zero attached hydrogens (tertiary/aromatic N) is 2. The van der Waals surface area contributed by atoms with Crippen molar-refractivity contribution < 1.29 is 9.13 Å². The number of benzene rings is 1. The van der Waals surface area contributed by atoms with E-state index in [1.807, 2.05) is 6.07 Å². The molecule has 17 heavy (non-hydrogen) atoms. The van der Waals surface area contributed by atoms with Crippen LogP contribution in [0.2, 0.25) is 0 Å². The largest absolute Gasteiger partial charge is 0.489 e. The Morgan fingerprint density at radius 2 is 2.41 bits per heavy atom. The second-order valence-corrected chi connectivity index (χ2v) is 5.10. The van der Waals surface area contributed by atoms with Crippen molar-refractivity contribution in [1.29, 1.82) is 5.26 Å². The van der Waals surface area contributed by atoms with Gasteiger partial charge in [-0.3, -0.25) is 0 Å². The molecular formula is C12H10BrFN2O. The number of halogens is 2. The lowest BCUT2D eigenvalue weighted by Gasteiger charge is -2.34. The van der Waals surface area contributed by atoms with Crippen molar-refractivity contribution in [2.75, 3.05) is 18.1 Å². The Morgan fingerprint density at radius 1 is 1.59 bits per heavy atom. The van der Waals surface area contributed by atoms with E-state index in [0.29, 0.717) is 18.0 Å². The highest BCUT2D eigenvalue weighted by molar-refractivity contribution is 9.10. The average Bonchev–Trinajstić information content (AvgIpc) is 2.81. The van der Waals surface area contributed by atoms with Crippen LogP contribution in [0, 0.1) is 17.1 Å². The van der Waals surface area contributed by atoms with Crippen LogP contribution in [-0.4, -0.2) is 19.2 Å². The number of hydrogen-bond acceptors (Lipinski definition) is 3. The topological polar surface area (TPSA) is 36.3 Å². The summed E-state index contributed by atoms with van der Waals surface area (Å²) in [7, 11) is 0. The fourth-order valence-corrected chi connectivity index (χ4v) is 2.93. The molecule has 0 aromatic heterocycles. The van der Waals surface area contributed by atoms with E-state index in [9.17, 15) is 4.39 Å². The number of nitriles is 1. The summed E-state index contributed by atoms with van der Waals surface area (Å²) in [6.07, 6.45) is 2.10. The van der Waals surface area contributed by atoms with E-state index in [-0.39, 0.29) is 21.9 Å². The molecule has 0 saturated carbocycles. The number of anilines is 1. The molecule has 1 atom stereocenters. The number of fused-ring (bicyclic) bond motifs is 3. The van der Waals surface area contributed by atoms with Crippen molar-refractivity contribution in [2.45, 2.75) is 18.9 Å². The molecule has 0 spiro atoms. The number of ether oxygens (including phenoxy) is 1. The molecule has 1 unspecified atom stereocenters. The fraction of sp³-hybridized carbons (Fsp3) is 0.417. The van der Waals surface area contributed by atoms with Gasteiger partial charge in [-0.2, -0.15) is 5.26 Å². The van der Waals surface area contributed by atoms with Gasteiger partial charge >= 0.3 is 0 Å². The third kappa shape index (κ3) is 1.51. The smallest absolute Gasteiger partial charge is 0.165 e. The molecular weight excluding hydrogens is 287 g/mol.